The molecule has 1 aromatic heterocycles. The zero-order chi connectivity index (χ0) is 18.7. The van der Waals surface area contributed by atoms with Crippen molar-refractivity contribution in [1.82, 2.24) is 15.8 Å². The molecule has 136 valence electrons. The minimum absolute atomic E-state index is 0.193. The average Bonchev–Trinajstić information content (AvgIpc) is 3.00. The number of pyridine rings is 1. The maximum Gasteiger partial charge on any atom is 0.419 e. The summed E-state index contributed by atoms with van der Waals surface area (Å²) in [5.41, 5.74) is 7.95. The van der Waals surface area contributed by atoms with E-state index in [2.05, 4.69) is 36.4 Å². The highest BCUT2D eigenvalue weighted by molar-refractivity contribution is 5.98. The van der Waals surface area contributed by atoms with Crippen molar-refractivity contribution in [2.45, 2.75) is 32.2 Å². The number of rotatable bonds is 5. The Balaban J connectivity index is 1.77. The second-order valence-corrected chi connectivity index (χ2v) is 6.55. The highest BCUT2D eigenvalue weighted by Crippen LogP contribution is 2.30. The summed E-state index contributed by atoms with van der Waals surface area (Å²) in [4.78, 5) is 29.0. The molecule has 0 saturated carbocycles. The van der Waals surface area contributed by atoms with Gasteiger partial charge in [0.15, 0.2) is 0 Å². The lowest BCUT2D eigenvalue weighted by atomic mass is 9.93. The van der Waals surface area contributed by atoms with Crippen LogP contribution in [-0.4, -0.2) is 34.7 Å². The monoisotopic (exact) mass is 354 g/mol. The van der Waals surface area contributed by atoms with Crippen LogP contribution in [0.4, 0.5) is 10.6 Å². The third-order valence-electron chi connectivity index (χ3n) is 4.48. The number of carboxylic acid groups (broad SMARTS) is 1. The number of benzene rings is 1. The van der Waals surface area contributed by atoms with Crippen molar-refractivity contribution in [2.75, 3.05) is 11.4 Å². The number of hydrazine groups is 1. The predicted octanol–water partition coefficient (Wildman–Crippen LogP) is 2.75. The first-order valence-electron chi connectivity index (χ1n) is 8.58. The summed E-state index contributed by atoms with van der Waals surface area (Å²) in [5, 5.41) is 8.63. The first kappa shape index (κ1) is 17.9. The van der Waals surface area contributed by atoms with Crippen molar-refractivity contribution in [1.29, 1.82) is 0 Å². The standard InChI is InChI=1S/C19H22N4O3/c1-12(2)14-5-3-4-6-15(14)13-7-8-17(20-11-13)23-10-9-16(18(23)24)21-22-19(25)26/h3-8,11-12,16,21-22H,9-10H2,1-2H3,(H,25,26)/t16-/m0/s1. The molecule has 0 bridgehead atoms. The lowest BCUT2D eigenvalue weighted by molar-refractivity contribution is -0.119. The number of nitrogens with one attached hydrogen (secondary N) is 2. The number of nitrogens with zero attached hydrogens (tertiary/aromatic N) is 2. The molecule has 1 aliphatic rings. The van der Waals surface area contributed by atoms with Crippen LogP contribution in [0, 0.1) is 0 Å². The fourth-order valence-corrected chi connectivity index (χ4v) is 3.16. The molecule has 1 aliphatic heterocycles. The summed E-state index contributed by atoms with van der Waals surface area (Å²) < 4.78 is 0. The van der Waals surface area contributed by atoms with Gasteiger partial charge in [-0.2, -0.15) is 0 Å². The summed E-state index contributed by atoms with van der Waals surface area (Å²) in [5.74, 6) is 0.779. The Hall–Kier alpha value is -2.93. The molecule has 2 heterocycles. The zero-order valence-corrected chi connectivity index (χ0v) is 14.8. The van der Waals surface area contributed by atoms with Gasteiger partial charge in [0, 0.05) is 18.3 Å². The SMILES string of the molecule is CC(C)c1ccccc1-c1ccc(N2CC[C@H](NNC(=O)O)C2=O)nc1. The van der Waals surface area contributed by atoms with E-state index in [1.807, 2.05) is 29.7 Å². The van der Waals surface area contributed by atoms with Crippen LogP contribution in [0.3, 0.4) is 0 Å². The van der Waals surface area contributed by atoms with E-state index in [-0.39, 0.29) is 5.91 Å². The van der Waals surface area contributed by atoms with Gasteiger partial charge >= 0.3 is 6.09 Å². The molecule has 1 saturated heterocycles. The van der Waals surface area contributed by atoms with Crippen LogP contribution < -0.4 is 15.8 Å². The largest absolute Gasteiger partial charge is 0.464 e. The fraction of sp³-hybridized carbons (Fsp3) is 0.316. The van der Waals surface area contributed by atoms with Crippen LogP contribution in [0.1, 0.15) is 31.7 Å². The predicted molar refractivity (Wildman–Crippen MR) is 98.8 cm³/mol. The Kier molecular flexibility index (Phi) is 5.18. The molecule has 26 heavy (non-hydrogen) atoms. The summed E-state index contributed by atoms with van der Waals surface area (Å²) in [6.45, 7) is 4.80. The zero-order valence-electron chi connectivity index (χ0n) is 14.8. The van der Waals surface area contributed by atoms with E-state index >= 15 is 0 Å². The number of aromatic nitrogens is 1. The van der Waals surface area contributed by atoms with E-state index in [9.17, 15) is 9.59 Å². The minimum atomic E-state index is -1.22. The molecule has 0 unspecified atom stereocenters. The second kappa shape index (κ2) is 7.53. The van der Waals surface area contributed by atoms with E-state index in [1.165, 1.54) is 5.56 Å². The molecule has 0 spiro atoms. The molecule has 1 fully saturated rings. The molecule has 2 amide bonds. The molecule has 1 atom stereocenters. The Labute approximate surface area is 152 Å². The third kappa shape index (κ3) is 3.67. The van der Waals surface area contributed by atoms with Crippen LogP contribution in [0.15, 0.2) is 42.6 Å². The third-order valence-corrected chi connectivity index (χ3v) is 4.48. The number of hydrogen-bond donors (Lipinski definition) is 3. The van der Waals surface area contributed by atoms with Gasteiger partial charge in [-0.25, -0.2) is 15.2 Å². The average molecular weight is 354 g/mol. The first-order chi connectivity index (χ1) is 12.5. The van der Waals surface area contributed by atoms with Gasteiger partial charge in [-0.1, -0.05) is 38.1 Å². The molecule has 2 aromatic rings. The quantitative estimate of drug-likeness (QED) is 0.718. The summed E-state index contributed by atoms with van der Waals surface area (Å²) in [6, 6.07) is 11.4. The lowest BCUT2D eigenvalue weighted by Crippen LogP contribution is -2.47. The molecule has 0 radical (unpaired) electrons. The van der Waals surface area contributed by atoms with E-state index in [1.54, 1.807) is 11.1 Å². The molecule has 3 N–H and O–H groups in total. The van der Waals surface area contributed by atoms with Crippen LogP contribution in [-0.2, 0) is 4.79 Å². The lowest BCUT2D eigenvalue weighted by Gasteiger charge is -2.17. The van der Waals surface area contributed by atoms with Gasteiger partial charge in [0.2, 0.25) is 5.91 Å². The Morgan fingerprint density at radius 1 is 1.27 bits per heavy atom. The maximum absolute atomic E-state index is 12.4. The maximum atomic E-state index is 12.4. The summed E-state index contributed by atoms with van der Waals surface area (Å²) >= 11 is 0. The van der Waals surface area contributed by atoms with Crippen molar-refractivity contribution in [3.05, 3.63) is 48.2 Å². The molecule has 3 rings (SSSR count). The van der Waals surface area contributed by atoms with E-state index in [0.29, 0.717) is 24.7 Å². The topological polar surface area (TPSA) is 94.6 Å². The molecule has 0 aliphatic carbocycles. The Bertz CT molecular complexity index is 805. The number of hydrogen-bond acceptors (Lipinski definition) is 4. The summed E-state index contributed by atoms with van der Waals surface area (Å²) in [6.07, 6.45) is 1.07. The van der Waals surface area contributed by atoms with Gasteiger partial charge in [-0.05, 0) is 35.6 Å². The molecular weight excluding hydrogens is 332 g/mol. The van der Waals surface area contributed by atoms with Crippen molar-refractivity contribution in [3.63, 3.8) is 0 Å². The second-order valence-electron chi connectivity index (χ2n) is 6.55. The smallest absolute Gasteiger partial charge is 0.419 e. The van der Waals surface area contributed by atoms with E-state index in [0.717, 1.165) is 11.1 Å². The van der Waals surface area contributed by atoms with Crippen LogP contribution in [0.25, 0.3) is 11.1 Å². The number of anilines is 1. The molecule has 1 aromatic carbocycles. The van der Waals surface area contributed by atoms with Crippen molar-refractivity contribution in [2.24, 2.45) is 0 Å². The van der Waals surface area contributed by atoms with Crippen LogP contribution in [0.2, 0.25) is 0 Å². The summed E-state index contributed by atoms with van der Waals surface area (Å²) in [7, 11) is 0. The van der Waals surface area contributed by atoms with Crippen molar-refractivity contribution >= 4 is 17.8 Å². The van der Waals surface area contributed by atoms with Crippen LogP contribution in [0.5, 0.6) is 0 Å². The fourth-order valence-electron chi connectivity index (χ4n) is 3.16. The van der Waals surface area contributed by atoms with Gasteiger partial charge in [0.05, 0.1) is 0 Å². The van der Waals surface area contributed by atoms with Crippen molar-refractivity contribution in [3.8, 4) is 11.1 Å². The van der Waals surface area contributed by atoms with Gasteiger partial charge in [0.1, 0.15) is 11.9 Å². The van der Waals surface area contributed by atoms with E-state index in [4.69, 9.17) is 5.11 Å². The number of carbonyl (C=O) groups is 2. The van der Waals surface area contributed by atoms with Crippen LogP contribution >= 0.6 is 0 Å². The van der Waals surface area contributed by atoms with E-state index < -0.39 is 12.1 Å². The van der Waals surface area contributed by atoms with Gasteiger partial charge < -0.3 is 5.11 Å². The molecule has 7 heteroatoms. The highest BCUT2D eigenvalue weighted by atomic mass is 16.4. The minimum Gasteiger partial charge on any atom is -0.464 e. The van der Waals surface area contributed by atoms with Gasteiger partial charge in [-0.3, -0.25) is 15.1 Å². The van der Waals surface area contributed by atoms with Gasteiger partial charge in [-0.15, -0.1) is 0 Å². The highest BCUT2D eigenvalue weighted by Gasteiger charge is 2.33. The first-order valence-corrected chi connectivity index (χ1v) is 8.58. The van der Waals surface area contributed by atoms with Gasteiger partial charge in [0.25, 0.3) is 0 Å². The molecule has 7 nitrogen and oxygen atoms in total. The molecular formula is C19H22N4O3. The number of amides is 2. The Morgan fingerprint density at radius 3 is 2.69 bits per heavy atom. The van der Waals surface area contributed by atoms with Crippen molar-refractivity contribution < 1.29 is 14.7 Å². The normalized spacial score (nSPS) is 17.0. The number of carbonyl (C=O) groups excluding carboxylic acids is 1. The Morgan fingerprint density at radius 2 is 2.04 bits per heavy atom.